The Balaban J connectivity index is 0.000000404. The van der Waals surface area contributed by atoms with Crippen LogP contribution in [0.1, 0.15) is 37.0 Å². The Kier molecular flexibility index (Phi) is 11.2. The van der Waals surface area contributed by atoms with Crippen molar-refractivity contribution < 1.29 is 34.9 Å². The first-order valence-corrected chi connectivity index (χ1v) is 12.5. The third-order valence-electron chi connectivity index (χ3n) is 5.40. The molecule has 0 saturated heterocycles. The fraction of sp³-hybridized carbons (Fsp3) is 0.231. The summed E-state index contributed by atoms with van der Waals surface area (Å²) < 4.78 is 5.19. The summed E-state index contributed by atoms with van der Waals surface area (Å²) in [6.45, 7) is 3.51. The molecule has 0 radical (unpaired) electrons. The molecular formula is C26H27N5O7S. The Hall–Kier alpha value is -4.67. The maximum atomic E-state index is 12.8. The lowest BCUT2D eigenvalue weighted by Gasteiger charge is -2.29. The van der Waals surface area contributed by atoms with E-state index in [1.807, 2.05) is 0 Å². The number of carbonyl (C=O) groups is 2. The highest BCUT2D eigenvalue weighted by atomic mass is 32.2. The van der Waals surface area contributed by atoms with Gasteiger partial charge in [-0.2, -0.15) is 5.26 Å². The van der Waals surface area contributed by atoms with Gasteiger partial charge in [0.1, 0.15) is 6.10 Å². The van der Waals surface area contributed by atoms with Crippen LogP contribution in [0.3, 0.4) is 0 Å². The molecule has 0 aromatic heterocycles. The summed E-state index contributed by atoms with van der Waals surface area (Å²) in [7, 11) is 0. The van der Waals surface area contributed by atoms with Gasteiger partial charge in [0.2, 0.25) is 0 Å². The summed E-state index contributed by atoms with van der Waals surface area (Å²) in [5.74, 6) is -2.65. The summed E-state index contributed by atoms with van der Waals surface area (Å²) in [6, 6.07) is 16.1. The van der Waals surface area contributed by atoms with Crippen LogP contribution >= 0.6 is 11.8 Å². The van der Waals surface area contributed by atoms with Gasteiger partial charge in [-0.05, 0) is 36.7 Å². The third-order valence-corrected chi connectivity index (χ3v) is 6.16. The van der Waals surface area contributed by atoms with Crippen LogP contribution in [0.2, 0.25) is 0 Å². The zero-order chi connectivity index (χ0) is 29.1. The van der Waals surface area contributed by atoms with Gasteiger partial charge in [-0.3, -0.25) is 21.3 Å². The normalized spacial score (nSPS) is 15.2. The van der Waals surface area contributed by atoms with Crippen molar-refractivity contribution in [2.24, 2.45) is 5.73 Å². The summed E-state index contributed by atoms with van der Waals surface area (Å²) in [5.41, 5.74) is 7.70. The minimum atomic E-state index is -1.52. The third kappa shape index (κ3) is 8.16. The quantitative estimate of drug-likeness (QED) is 0.114. The number of aliphatic hydroxyl groups excluding tert-OH is 1. The molecule has 13 heteroatoms. The highest BCUT2D eigenvalue weighted by Gasteiger charge is 2.36. The predicted octanol–water partition coefficient (Wildman–Crippen LogP) is 0.173. The smallest absolute Gasteiger partial charge is 0.336 e. The second-order valence-electron chi connectivity index (χ2n) is 8.00. The number of aliphatic carboxylic acids is 1. The number of esters is 1. The summed E-state index contributed by atoms with van der Waals surface area (Å²) in [4.78, 5) is 33.6. The predicted molar refractivity (Wildman–Crippen MR) is 141 cm³/mol. The Morgan fingerprint density at radius 2 is 1.95 bits per heavy atom. The van der Waals surface area contributed by atoms with E-state index in [-0.39, 0.29) is 34.4 Å². The highest BCUT2D eigenvalue weighted by molar-refractivity contribution is 8.13. The second-order valence-corrected chi connectivity index (χ2v) is 9.05. The SMILES string of the molecule is CCOC(=O)C1=C(CSC(N)=[NH2+])NC(C)=C(C#N)C1c1cccc([N+](=O)[O-])c1.O=C([O-])[C@@H](O)c1ccccc1. The van der Waals surface area contributed by atoms with Crippen molar-refractivity contribution >= 4 is 34.6 Å². The van der Waals surface area contributed by atoms with Gasteiger partial charge in [-0.15, -0.1) is 0 Å². The van der Waals surface area contributed by atoms with Gasteiger partial charge in [0.05, 0.1) is 40.6 Å². The van der Waals surface area contributed by atoms with Crippen LogP contribution in [0.25, 0.3) is 0 Å². The van der Waals surface area contributed by atoms with Gasteiger partial charge in [-0.1, -0.05) is 42.5 Å². The average molecular weight is 554 g/mol. The van der Waals surface area contributed by atoms with Crippen molar-refractivity contribution in [3.63, 3.8) is 0 Å². The topological polar surface area (TPSA) is 217 Å². The van der Waals surface area contributed by atoms with Crippen LogP contribution in [0.4, 0.5) is 5.69 Å². The molecule has 2 aromatic carbocycles. The zero-order valence-electron chi connectivity index (χ0n) is 21.1. The average Bonchev–Trinajstić information content (AvgIpc) is 2.91. The van der Waals surface area contributed by atoms with Crippen molar-refractivity contribution in [2.45, 2.75) is 25.9 Å². The molecule has 3 rings (SSSR count). The standard InChI is InChI=1S/C18H19N5O4S.C8H8O3/c1-3-27-17(24)16-14(9-28-18(20)21)22-10(2)13(8-19)15(16)11-5-4-6-12(7-11)23(25)26;9-7(8(10)11)6-4-2-1-3-5-6/h4-7,15,22H,3,9H2,1-2H3,(H3,20,21);1-5,7,9H,(H,10,11)/t;7-/m.0/s1. The number of carboxylic acid groups (broad SMARTS) is 1. The molecule has 1 aliphatic heterocycles. The lowest BCUT2D eigenvalue weighted by molar-refractivity contribution is -0.384. The number of amidine groups is 1. The van der Waals surface area contributed by atoms with Gasteiger partial charge in [0, 0.05) is 29.3 Å². The number of carbonyl (C=O) groups excluding carboxylic acids is 2. The number of nitrogens with zero attached hydrogens (tertiary/aromatic N) is 2. The molecule has 6 N–H and O–H groups in total. The number of hydrogen-bond acceptors (Lipinski definition) is 10. The number of nitro groups is 1. The number of nitrogens with one attached hydrogen (secondary N) is 1. The van der Waals surface area contributed by atoms with Crippen LogP contribution in [0, 0.1) is 21.4 Å². The Morgan fingerprint density at radius 3 is 2.49 bits per heavy atom. The fourth-order valence-electron chi connectivity index (χ4n) is 3.69. The van der Waals surface area contributed by atoms with E-state index in [0.29, 0.717) is 22.5 Å². The second kappa shape index (κ2) is 14.3. The first kappa shape index (κ1) is 30.6. The molecule has 1 unspecified atom stereocenters. The Labute approximate surface area is 228 Å². The molecule has 1 heterocycles. The van der Waals surface area contributed by atoms with Crippen molar-refractivity contribution in [3.8, 4) is 6.07 Å². The van der Waals surface area contributed by atoms with Crippen LogP contribution < -0.4 is 21.6 Å². The van der Waals surface area contributed by atoms with Gasteiger partial charge in [0.15, 0.2) is 0 Å². The van der Waals surface area contributed by atoms with Crippen LogP contribution in [-0.2, 0) is 14.3 Å². The van der Waals surface area contributed by atoms with Gasteiger partial charge in [-0.25, -0.2) is 4.79 Å². The Morgan fingerprint density at radius 1 is 1.28 bits per heavy atom. The van der Waals surface area contributed by atoms with E-state index in [2.05, 4.69) is 11.4 Å². The van der Waals surface area contributed by atoms with E-state index in [1.165, 1.54) is 30.3 Å². The molecule has 2 aromatic rings. The lowest BCUT2D eigenvalue weighted by Crippen LogP contribution is -2.43. The summed E-state index contributed by atoms with van der Waals surface area (Å²) in [6.07, 6.45) is -1.52. The number of aliphatic hydroxyl groups is 1. The first-order chi connectivity index (χ1) is 18.5. The van der Waals surface area contributed by atoms with E-state index in [1.54, 1.807) is 38.1 Å². The van der Waals surface area contributed by atoms with Crippen molar-refractivity contribution in [3.05, 3.63) is 98.4 Å². The van der Waals surface area contributed by atoms with E-state index in [0.717, 1.165) is 11.8 Å². The van der Waals surface area contributed by atoms with E-state index in [9.17, 15) is 30.1 Å². The van der Waals surface area contributed by atoms with E-state index >= 15 is 0 Å². The molecule has 1 aliphatic rings. The molecule has 0 amide bonds. The molecule has 0 saturated carbocycles. The van der Waals surface area contributed by atoms with Gasteiger partial charge >= 0.3 is 5.97 Å². The van der Waals surface area contributed by atoms with Crippen molar-refractivity contribution in [1.82, 2.24) is 5.32 Å². The minimum absolute atomic E-state index is 0.122. The van der Waals surface area contributed by atoms with Gasteiger partial charge in [0.25, 0.3) is 10.9 Å². The number of hydrogen-bond donors (Lipinski definition) is 4. The molecule has 0 bridgehead atoms. The summed E-state index contributed by atoms with van der Waals surface area (Å²) in [5, 5.41) is 48.7. The number of allylic oxidation sites excluding steroid dienone is 2. The molecule has 0 aliphatic carbocycles. The maximum absolute atomic E-state index is 12.8. The number of non-ortho nitro benzene ring substituents is 1. The van der Waals surface area contributed by atoms with E-state index < -0.39 is 28.9 Å². The molecule has 39 heavy (non-hydrogen) atoms. The zero-order valence-corrected chi connectivity index (χ0v) is 21.9. The number of rotatable bonds is 8. The number of thioether (sulfide) groups is 1. The van der Waals surface area contributed by atoms with E-state index in [4.69, 9.17) is 21.0 Å². The largest absolute Gasteiger partial charge is 0.547 e. The number of nitro benzene ring substituents is 1. The molecular weight excluding hydrogens is 526 g/mol. The molecule has 2 atom stereocenters. The first-order valence-electron chi connectivity index (χ1n) is 11.5. The van der Waals surface area contributed by atoms with Crippen molar-refractivity contribution in [2.75, 3.05) is 12.4 Å². The Bertz CT molecular complexity index is 1350. The maximum Gasteiger partial charge on any atom is 0.336 e. The van der Waals surface area contributed by atoms with Crippen LogP contribution in [-0.4, -0.2) is 39.5 Å². The molecule has 204 valence electrons. The highest BCUT2D eigenvalue weighted by Crippen LogP contribution is 2.39. The molecule has 12 nitrogen and oxygen atoms in total. The minimum Gasteiger partial charge on any atom is -0.547 e. The lowest BCUT2D eigenvalue weighted by atomic mass is 9.81. The number of benzene rings is 2. The van der Waals surface area contributed by atoms with Crippen molar-refractivity contribution in [1.29, 1.82) is 5.26 Å². The number of ether oxygens (including phenoxy) is 1. The number of nitrogens with two attached hydrogens (primary N) is 2. The monoisotopic (exact) mass is 553 g/mol. The van der Waals surface area contributed by atoms with Crippen LogP contribution in [0.15, 0.2) is 77.1 Å². The fourth-order valence-corrected chi connectivity index (χ4v) is 4.23. The number of dihydropyridines is 1. The number of nitriles is 1. The summed E-state index contributed by atoms with van der Waals surface area (Å²) >= 11 is 1.12. The molecule has 0 spiro atoms. The van der Waals surface area contributed by atoms with Gasteiger partial charge < -0.3 is 25.1 Å². The number of carboxylic acids is 1. The van der Waals surface area contributed by atoms with Crippen LogP contribution in [0.5, 0.6) is 0 Å². The molecule has 0 fully saturated rings.